The van der Waals surface area contributed by atoms with Gasteiger partial charge in [0.2, 0.25) is 0 Å². The molecule has 2 aromatic heterocycles. The van der Waals surface area contributed by atoms with E-state index in [0.717, 1.165) is 22.2 Å². The van der Waals surface area contributed by atoms with Gasteiger partial charge in [0.1, 0.15) is 0 Å². The van der Waals surface area contributed by atoms with E-state index in [1.165, 1.54) is 12.8 Å². The number of rotatable bonds is 1. The molecule has 1 N–H and O–H groups in total. The fraction of sp³-hybridized carbons (Fsp3) is 0.364. The molecule has 0 aliphatic carbocycles. The molecule has 0 radical (unpaired) electrons. The van der Waals surface area contributed by atoms with Crippen LogP contribution in [0, 0.1) is 0 Å². The van der Waals surface area contributed by atoms with Gasteiger partial charge in [-0.3, -0.25) is 0 Å². The maximum Gasteiger partial charge on any atom is 0.0807 e. The number of nitrogens with zero attached hydrogens (tertiary/aromatic N) is 2. The number of hydrogen-bond donors (Lipinski definition) is 1. The Morgan fingerprint density at radius 3 is 3.20 bits per heavy atom. The van der Waals surface area contributed by atoms with Gasteiger partial charge in [0.25, 0.3) is 0 Å². The second-order valence-electron chi connectivity index (χ2n) is 3.90. The van der Waals surface area contributed by atoms with Crippen molar-refractivity contribution < 1.29 is 0 Å². The van der Waals surface area contributed by atoms with Crippen molar-refractivity contribution >= 4 is 21.4 Å². The topological polar surface area (TPSA) is 29.3 Å². The highest BCUT2D eigenvalue weighted by Gasteiger charge is 2.19. The lowest BCUT2D eigenvalue weighted by molar-refractivity contribution is 0.620. The van der Waals surface area contributed by atoms with E-state index in [9.17, 15) is 0 Å². The summed E-state index contributed by atoms with van der Waals surface area (Å²) in [6, 6.07) is 6.64. The van der Waals surface area contributed by atoms with Crippen LogP contribution in [0.4, 0.5) is 0 Å². The molecule has 1 aliphatic heterocycles. The summed E-state index contributed by atoms with van der Waals surface area (Å²) in [5, 5.41) is 8.04. The molecule has 15 heavy (non-hydrogen) atoms. The Labute approximate surface area is 96.6 Å². The SMILES string of the molecule is Brc1cccn2nc(C3CCCN3)cc12. The minimum Gasteiger partial charge on any atom is -0.309 e. The molecular formula is C11H12BrN3. The molecule has 0 saturated carbocycles. The summed E-state index contributed by atoms with van der Waals surface area (Å²) in [5.41, 5.74) is 2.29. The van der Waals surface area contributed by atoms with Gasteiger partial charge >= 0.3 is 0 Å². The summed E-state index contributed by atoms with van der Waals surface area (Å²) >= 11 is 3.54. The van der Waals surface area contributed by atoms with Crippen molar-refractivity contribution in [1.82, 2.24) is 14.9 Å². The zero-order valence-electron chi connectivity index (χ0n) is 8.28. The van der Waals surface area contributed by atoms with E-state index in [-0.39, 0.29) is 0 Å². The minimum absolute atomic E-state index is 0.441. The molecule has 1 saturated heterocycles. The molecule has 78 valence electrons. The normalized spacial score (nSPS) is 21.3. The number of halogens is 1. The second kappa shape index (κ2) is 3.61. The average molecular weight is 266 g/mol. The summed E-state index contributed by atoms with van der Waals surface area (Å²) in [6.07, 6.45) is 4.43. The van der Waals surface area contributed by atoms with E-state index >= 15 is 0 Å². The van der Waals surface area contributed by atoms with Crippen LogP contribution in [-0.2, 0) is 0 Å². The van der Waals surface area contributed by atoms with Crippen molar-refractivity contribution in [2.75, 3.05) is 6.54 Å². The zero-order chi connectivity index (χ0) is 10.3. The van der Waals surface area contributed by atoms with E-state index < -0.39 is 0 Å². The molecule has 2 aromatic rings. The van der Waals surface area contributed by atoms with Crippen LogP contribution in [0.2, 0.25) is 0 Å². The number of pyridine rings is 1. The quantitative estimate of drug-likeness (QED) is 0.859. The largest absolute Gasteiger partial charge is 0.309 e. The summed E-state index contributed by atoms with van der Waals surface area (Å²) in [6.45, 7) is 1.11. The van der Waals surface area contributed by atoms with Gasteiger partial charge in [-0.15, -0.1) is 0 Å². The Morgan fingerprint density at radius 1 is 1.53 bits per heavy atom. The highest BCUT2D eigenvalue weighted by molar-refractivity contribution is 9.10. The summed E-state index contributed by atoms with van der Waals surface area (Å²) < 4.78 is 3.03. The van der Waals surface area contributed by atoms with Crippen molar-refractivity contribution in [3.8, 4) is 0 Å². The Bertz CT molecular complexity index is 486. The van der Waals surface area contributed by atoms with Crippen molar-refractivity contribution in [1.29, 1.82) is 0 Å². The lowest BCUT2D eigenvalue weighted by Crippen LogP contribution is -2.13. The van der Waals surface area contributed by atoms with Crippen LogP contribution in [-0.4, -0.2) is 16.2 Å². The standard InChI is InChI=1S/C11H12BrN3/c12-8-3-2-6-15-11(8)7-10(14-15)9-4-1-5-13-9/h2-3,6-7,9,13H,1,4-5H2. The van der Waals surface area contributed by atoms with E-state index in [2.05, 4.69) is 32.4 Å². The van der Waals surface area contributed by atoms with Crippen LogP contribution >= 0.6 is 15.9 Å². The van der Waals surface area contributed by atoms with Crippen LogP contribution in [0.5, 0.6) is 0 Å². The Kier molecular flexibility index (Phi) is 2.25. The number of nitrogens with one attached hydrogen (secondary N) is 1. The summed E-state index contributed by atoms with van der Waals surface area (Å²) in [4.78, 5) is 0. The molecule has 3 rings (SSSR count). The molecule has 1 unspecified atom stereocenters. The fourth-order valence-electron chi connectivity index (χ4n) is 2.11. The molecule has 0 spiro atoms. The maximum atomic E-state index is 4.58. The number of hydrogen-bond acceptors (Lipinski definition) is 2. The van der Waals surface area contributed by atoms with Gasteiger partial charge in [-0.1, -0.05) is 0 Å². The summed E-state index contributed by atoms with van der Waals surface area (Å²) in [7, 11) is 0. The predicted molar refractivity (Wildman–Crippen MR) is 62.9 cm³/mol. The second-order valence-corrected chi connectivity index (χ2v) is 4.76. The number of aromatic nitrogens is 2. The van der Waals surface area contributed by atoms with Crippen molar-refractivity contribution in [2.24, 2.45) is 0 Å². The molecular weight excluding hydrogens is 254 g/mol. The van der Waals surface area contributed by atoms with Crippen LogP contribution < -0.4 is 5.32 Å². The van der Waals surface area contributed by atoms with Gasteiger partial charge < -0.3 is 5.32 Å². The predicted octanol–water partition coefficient (Wildman–Crippen LogP) is 2.52. The van der Waals surface area contributed by atoms with Gasteiger partial charge in [-0.2, -0.15) is 5.10 Å². The van der Waals surface area contributed by atoms with Crippen molar-refractivity contribution in [2.45, 2.75) is 18.9 Å². The van der Waals surface area contributed by atoms with Crippen LogP contribution in [0.1, 0.15) is 24.6 Å². The lowest BCUT2D eigenvalue weighted by atomic mass is 10.1. The number of fused-ring (bicyclic) bond motifs is 1. The van der Waals surface area contributed by atoms with Crippen LogP contribution in [0.3, 0.4) is 0 Å². The first-order valence-corrected chi connectivity index (χ1v) is 6.01. The van der Waals surface area contributed by atoms with E-state index in [1.54, 1.807) is 0 Å². The Balaban J connectivity index is 2.09. The minimum atomic E-state index is 0.441. The third kappa shape index (κ3) is 1.58. The van der Waals surface area contributed by atoms with Crippen molar-refractivity contribution in [3.05, 3.63) is 34.6 Å². The van der Waals surface area contributed by atoms with E-state index in [0.29, 0.717) is 6.04 Å². The van der Waals surface area contributed by atoms with Gasteiger partial charge in [0.05, 0.1) is 17.3 Å². The monoisotopic (exact) mass is 265 g/mol. The van der Waals surface area contributed by atoms with Gasteiger partial charge in [0, 0.05) is 10.7 Å². The molecule has 4 heteroatoms. The third-order valence-corrected chi connectivity index (χ3v) is 3.56. The smallest absolute Gasteiger partial charge is 0.0807 e. The highest BCUT2D eigenvalue weighted by atomic mass is 79.9. The fourth-order valence-corrected chi connectivity index (χ4v) is 2.56. The zero-order valence-corrected chi connectivity index (χ0v) is 9.87. The summed E-state index contributed by atoms with van der Waals surface area (Å²) in [5.74, 6) is 0. The molecule has 1 atom stereocenters. The van der Waals surface area contributed by atoms with E-state index in [4.69, 9.17) is 0 Å². The Hall–Kier alpha value is -0.870. The van der Waals surface area contributed by atoms with Gasteiger partial charge in [-0.05, 0) is 53.5 Å². The maximum absolute atomic E-state index is 4.58. The molecule has 1 aliphatic rings. The molecule has 3 heterocycles. The molecule has 1 fully saturated rings. The average Bonchev–Trinajstić information content (AvgIpc) is 2.86. The van der Waals surface area contributed by atoms with Crippen LogP contribution in [0.25, 0.3) is 5.52 Å². The third-order valence-electron chi connectivity index (χ3n) is 2.89. The van der Waals surface area contributed by atoms with Gasteiger partial charge in [-0.25, -0.2) is 4.52 Å². The molecule has 3 nitrogen and oxygen atoms in total. The first-order chi connectivity index (χ1) is 7.34. The molecule has 0 amide bonds. The van der Waals surface area contributed by atoms with Crippen LogP contribution in [0.15, 0.2) is 28.9 Å². The first kappa shape index (κ1) is 9.36. The first-order valence-electron chi connectivity index (χ1n) is 5.22. The highest BCUT2D eigenvalue weighted by Crippen LogP contribution is 2.25. The van der Waals surface area contributed by atoms with E-state index in [1.807, 2.05) is 22.8 Å². The lowest BCUT2D eigenvalue weighted by Gasteiger charge is -2.03. The molecule has 0 aromatic carbocycles. The Morgan fingerprint density at radius 2 is 2.47 bits per heavy atom. The van der Waals surface area contributed by atoms with Gasteiger partial charge in [0.15, 0.2) is 0 Å². The molecule has 0 bridgehead atoms. The van der Waals surface area contributed by atoms with Crippen molar-refractivity contribution in [3.63, 3.8) is 0 Å².